The lowest BCUT2D eigenvalue weighted by atomic mass is 10.2. The van der Waals surface area contributed by atoms with Crippen LogP contribution in [0.2, 0.25) is 0 Å². The van der Waals surface area contributed by atoms with Gasteiger partial charge < -0.3 is 15.2 Å². The molecule has 2 N–H and O–H groups in total. The molecule has 0 aliphatic carbocycles. The van der Waals surface area contributed by atoms with Gasteiger partial charge in [0.15, 0.2) is 0 Å². The highest BCUT2D eigenvalue weighted by molar-refractivity contribution is 5.93. The van der Waals surface area contributed by atoms with Gasteiger partial charge in [0, 0.05) is 37.9 Å². The van der Waals surface area contributed by atoms with Crippen LogP contribution in [0, 0.1) is 0 Å². The van der Waals surface area contributed by atoms with Crippen molar-refractivity contribution in [2.45, 2.75) is 19.3 Å². The molecule has 3 rings (SSSR count). The van der Waals surface area contributed by atoms with Gasteiger partial charge in [0.1, 0.15) is 11.5 Å². The van der Waals surface area contributed by atoms with Gasteiger partial charge in [0.05, 0.1) is 0 Å². The number of aromatic nitrogens is 2. The van der Waals surface area contributed by atoms with E-state index in [2.05, 4.69) is 39.4 Å². The number of benzene rings is 1. The maximum atomic E-state index is 11.9. The first-order valence-corrected chi connectivity index (χ1v) is 7.36. The summed E-state index contributed by atoms with van der Waals surface area (Å²) in [4.78, 5) is 21.8. The molecule has 1 aliphatic heterocycles. The number of hydrogen-bond donors (Lipinski definition) is 2. The quantitative estimate of drug-likeness (QED) is 0.899. The predicted molar refractivity (Wildman–Crippen MR) is 82.7 cm³/mol. The van der Waals surface area contributed by atoms with E-state index in [1.54, 1.807) is 0 Å². The third-order valence-corrected chi connectivity index (χ3v) is 3.81. The first-order chi connectivity index (χ1) is 10.2. The Morgan fingerprint density at radius 3 is 2.90 bits per heavy atom. The summed E-state index contributed by atoms with van der Waals surface area (Å²) in [5.74, 6) is 0.834. The van der Waals surface area contributed by atoms with Crippen molar-refractivity contribution in [1.82, 2.24) is 15.3 Å². The molecule has 1 aromatic heterocycles. The lowest BCUT2D eigenvalue weighted by molar-refractivity contribution is 0.0951. The summed E-state index contributed by atoms with van der Waals surface area (Å²) in [5, 5.41) is 2.87. The molecule has 0 fully saturated rings. The van der Waals surface area contributed by atoms with Gasteiger partial charge in [0.25, 0.3) is 5.91 Å². The number of carbonyl (C=O) groups excluding carboxylic acids is 1. The Morgan fingerprint density at radius 1 is 1.29 bits per heavy atom. The van der Waals surface area contributed by atoms with E-state index in [0.717, 1.165) is 43.9 Å². The number of imidazole rings is 1. The largest absolute Gasteiger partial charge is 0.374 e. The second kappa shape index (κ2) is 5.99. The monoisotopic (exact) mass is 284 g/mol. The lowest BCUT2D eigenvalue weighted by Crippen LogP contribution is -2.23. The molecule has 21 heavy (non-hydrogen) atoms. The molecule has 0 bridgehead atoms. The molecule has 5 heteroatoms. The Morgan fingerprint density at radius 2 is 2.10 bits per heavy atom. The van der Waals surface area contributed by atoms with Crippen LogP contribution in [0.3, 0.4) is 0 Å². The van der Waals surface area contributed by atoms with Crippen molar-refractivity contribution in [2.24, 2.45) is 0 Å². The van der Waals surface area contributed by atoms with Crippen LogP contribution >= 0.6 is 0 Å². The SMILES string of the molecule is CN(CCc1nc2c([nH]1)CCCNC2=O)c1ccccc1. The fraction of sp³-hybridized carbons (Fsp3) is 0.375. The Balaban J connectivity index is 1.66. The van der Waals surface area contributed by atoms with Crippen LogP contribution in [-0.2, 0) is 12.8 Å². The van der Waals surface area contributed by atoms with Crippen LogP contribution in [0.15, 0.2) is 30.3 Å². The minimum Gasteiger partial charge on any atom is -0.374 e. The van der Waals surface area contributed by atoms with Crippen LogP contribution in [0.5, 0.6) is 0 Å². The van der Waals surface area contributed by atoms with Crippen LogP contribution in [0.4, 0.5) is 5.69 Å². The Hall–Kier alpha value is -2.30. The van der Waals surface area contributed by atoms with Crippen LogP contribution in [0.1, 0.15) is 28.4 Å². The van der Waals surface area contributed by atoms with E-state index in [9.17, 15) is 4.79 Å². The highest BCUT2D eigenvalue weighted by atomic mass is 16.1. The number of para-hydroxylation sites is 1. The van der Waals surface area contributed by atoms with E-state index < -0.39 is 0 Å². The first-order valence-electron chi connectivity index (χ1n) is 7.36. The average molecular weight is 284 g/mol. The second-order valence-electron chi connectivity index (χ2n) is 5.38. The van der Waals surface area contributed by atoms with Gasteiger partial charge in [0.2, 0.25) is 0 Å². The zero-order valence-electron chi connectivity index (χ0n) is 12.2. The molecule has 110 valence electrons. The molecule has 0 unspecified atom stereocenters. The standard InChI is InChI=1S/C16H20N4O/c1-20(12-6-3-2-4-7-12)11-9-14-18-13-8-5-10-17-16(21)15(13)19-14/h2-4,6-7H,5,8-11H2,1H3,(H,17,21)(H,18,19). The van der Waals surface area contributed by atoms with Gasteiger partial charge in [-0.3, -0.25) is 4.79 Å². The molecule has 1 amide bonds. The van der Waals surface area contributed by atoms with Crippen LogP contribution in [-0.4, -0.2) is 36.0 Å². The summed E-state index contributed by atoms with van der Waals surface area (Å²) in [7, 11) is 2.07. The van der Waals surface area contributed by atoms with Crippen molar-refractivity contribution >= 4 is 11.6 Å². The molecule has 0 saturated carbocycles. The van der Waals surface area contributed by atoms with Gasteiger partial charge in [-0.25, -0.2) is 4.98 Å². The molecule has 0 spiro atoms. The highest BCUT2D eigenvalue weighted by Gasteiger charge is 2.19. The van der Waals surface area contributed by atoms with E-state index in [1.807, 2.05) is 18.2 Å². The number of nitrogens with one attached hydrogen (secondary N) is 2. The van der Waals surface area contributed by atoms with Crippen molar-refractivity contribution in [2.75, 3.05) is 25.0 Å². The number of amides is 1. The predicted octanol–water partition coefficient (Wildman–Crippen LogP) is 1.76. The number of hydrogen-bond acceptors (Lipinski definition) is 3. The number of rotatable bonds is 4. The molecule has 1 aliphatic rings. The minimum atomic E-state index is -0.0542. The van der Waals surface area contributed by atoms with Crippen molar-refractivity contribution in [3.8, 4) is 0 Å². The molecular weight excluding hydrogens is 264 g/mol. The van der Waals surface area contributed by atoms with Crippen molar-refractivity contribution in [1.29, 1.82) is 0 Å². The number of aromatic amines is 1. The summed E-state index contributed by atoms with van der Waals surface area (Å²) in [6.45, 7) is 1.59. The third-order valence-electron chi connectivity index (χ3n) is 3.81. The van der Waals surface area contributed by atoms with Crippen LogP contribution < -0.4 is 10.2 Å². The molecule has 1 aromatic carbocycles. The maximum absolute atomic E-state index is 11.9. The Kier molecular flexibility index (Phi) is 3.90. The first kappa shape index (κ1) is 13.7. The van der Waals surface area contributed by atoms with Crippen molar-refractivity contribution in [3.63, 3.8) is 0 Å². The van der Waals surface area contributed by atoms with E-state index in [-0.39, 0.29) is 5.91 Å². The fourth-order valence-electron chi connectivity index (χ4n) is 2.59. The normalized spacial score (nSPS) is 14.2. The summed E-state index contributed by atoms with van der Waals surface area (Å²) in [6.07, 6.45) is 2.64. The number of fused-ring (bicyclic) bond motifs is 1. The molecule has 0 atom stereocenters. The highest BCUT2D eigenvalue weighted by Crippen LogP contribution is 2.14. The summed E-state index contributed by atoms with van der Waals surface area (Å²) in [6, 6.07) is 10.3. The van der Waals surface area contributed by atoms with E-state index >= 15 is 0 Å². The van der Waals surface area contributed by atoms with Gasteiger partial charge >= 0.3 is 0 Å². The van der Waals surface area contributed by atoms with Gasteiger partial charge in [-0.05, 0) is 25.0 Å². The van der Waals surface area contributed by atoms with Gasteiger partial charge in [-0.1, -0.05) is 18.2 Å². The number of carbonyl (C=O) groups is 1. The van der Waals surface area contributed by atoms with E-state index in [0.29, 0.717) is 5.69 Å². The molecular formula is C16H20N4O. The lowest BCUT2D eigenvalue weighted by Gasteiger charge is -2.18. The molecule has 0 radical (unpaired) electrons. The Labute approximate surface area is 124 Å². The minimum absolute atomic E-state index is 0.0542. The number of anilines is 1. The van der Waals surface area contributed by atoms with Crippen molar-refractivity contribution < 1.29 is 4.79 Å². The smallest absolute Gasteiger partial charge is 0.271 e. The second-order valence-corrected chi connectivity index (χ2v) is 5.38. The molecule has 2 aromatic rings. The van der Waals surface area contributed by atoms with Gasteiger partial charge in [-0.2, -0.15) is 0 Å². The number of nitrogens with zero attached hydrogens (tertiary/aromatic N) is 2. The average Bonchev–Trinajstić information content (AvgIpc) is 2.85. The third kappa shape index (κ3) is 3.07. The Bertz CT molecular complexity index is 620. The zero-order valence-corrected chi connectivity index (χ0v) is 12.2. The summed E-state index contributed by atoms with van der Waals surface area (Å²) in [5.41, 5.74) is 2.73. The topological polar surface area (TPSA) is 61.0 Å². The van der Waals surface area contributed by atoms with E-state index in [1.165, 1.54) is 5.69 Å². The number of aryl methyl sites for hydroxylation is 1. The van der Waals surface area contributed by atoms with Gasteiger partial charge in [-0.15, -0.1) is 0 Å². The van der Waals surface area contributed by atoms with Crippen LogP contribution in [0.25, 0.3) is 0 Å². The molecule has 2 heterocycles. The number of H-pyrrole nitrogens is 1. The van der Waals surface area contributed by atoms with E-state index in [4.69, 9.17) is 0 Å². The number of likely N-dealkylation sites (N-methyl/N-ethyl adjacent to an activating group) is 1. The maximum Gasteiger partial charge on any atom is 0.271 e. The van der Waals surface area contributed by atoms with Crippen molar-refractivity contribution in [3.05, 3.63) is 47.5 Å². The summed E-state index contributed by atoms with van der Waals surface area (Å²) >= 11 is 0. The molecule has 0 saturated heterocycles. The molecule has 5 nitrogen and oxygen atoms in total. The summed E-state index contributed by atoms with van der Waals surface area (Å²) < 4.78 is 0. The zero-order chi connectivity index (χ0) is 14.7. The fourth-order valence-corrected chi connectivity index (χ4v) is 2.59.